The van der Waals surface area contributed by atoms with Gasteiger partial charge in [0.2, 0.25) is 0 Å². The third kappa shape index (κ3) is 2.81. The molecule has 1 aliphatic rings. The van der Waals surface area contributed by atoms with Gasteiger partial charge in [0.15, 0.2) is 0 Å². The van der Waals surface area contributed by atoms with Crippen LogP contribution in [0.4, 0.5) is 0 Å². The van der Waals surface area contributed by atoms with E-state index in [0.717, 1.165) is 31.6 Å². The summed E-state index contributed by atoms with van der Waals surface area (Å²) < 4.78 is 5.95. The normalized spacial score (nSPS) is 15.1. The van der Waals surface area contributed by atoms with Crippen molar-refractivity contribution >= 4 is 0 Å². The van der Waals surface area contributed by atoms with Gasteiger partial charge in [-0.25, -0.2) is 0 Å². The summed E-state index contributed by atoms with van der Waals surface area (Å²) in [7, 11) is 2.02. The second kappa shape index (κ2) is 6.31. The second-order valence-corrected chi connectivity index (χ2v) is 5.62. The fourth-order valence-electron chi connectivity index (χ4n) is 3.15. The maximum absolute atomic E-state index is 5.95. The molecule has 0 aromatic heterocycles. The minimum absolute atomic E-state index is 0.408. The molecular weight excluding hydrogens is 258 g/mol. The van der Waals surface area contributed by atoms with Gasteiger partial charge in [-0.2, -0.15) is 0 Å². The summed E-state index contributed by atoms with van der Waals surface area (Å²) in [4.78, 5) is 0. The summed E-state index contributed by atoms with van der Waals surface area (Å²) in [5.74, 6) is 1.08. The minimum atomic E-state index is 0.408. The number of hydrogen-bond donors (Lipinski definition) is 1. The van der Waals surface area contributed by atoms with Crippen molar-refractivity contribution in [1.82, 2.24) is 5.32 Å². The van der Waals surface area contributed by atoms with Gasteiger partial charge in [0.25, 0.3) is 0 Å². The van der Waals surface area contributed by atoms with E-state index in [9.17, 15) is 0 Å². The Morgan fingerprint density at radius 3 is 2.86 bits per heavy atom. The molecule has 1 N–H and O–H groups in total. The third-order valence-corrected chi connectivity index (χ3v) is 4.29. The Kier molecular flexibility index (Phi) is 4.26. The highest BCUT2D eigenvalue weighted by atomic mass is 16.5. The van der Waals surface area contributed by atoms with E-state index in [0.29, 0.717) is 6.04 Å². The molecule has 1 atom stereocenters. The van der Waals surface area contributed by atoms with Gasteiger partial charge < -0.3 is 10.1 Å². The van der Waals surface area contributed by atoms with Crippen LogP contribution in [0.2, 0.25) is 0 Å². The van der Waals surface area contributed by atoms with Crippen molar-refractivity contribution in [3.63, 3.8) is 0 Å². The molecule has 0 radical (unpaired) electrons. The highest BCUT2D eigenvalue weighted by Crippen LogP contribution is 2.37. The van der Waals surface area contributed by atoms with Gasteiger partial charge in [-0.15, -0.1) is 0 Å². The quantitative estimate of drug-likeness (QED) is 0.899. The fraction of sp³-hybridized carbons (Fsp3) is 0.368. The van der Waals surface area contributed by atoms with Gasteiger partial charge >= 0.3 is 0 Å². The lowest BCUT2D eigenvalue weighted by Gasteiger charge is -2.21. The molecule has 2 aromatic carbocycles. The molecule has 0 saturated heterocycles. The summed E-state index contributed by atoms with van der Waals surface area (Å²) in [6.07, 6.45) is 3.33. The van der Waals surface area contributed by atoms with Crippen LogP contribution < -0.4 is 10.1 Å². The molecule has 0 spiro atoms. The topological polar surface area (TPSA) is 21.3 Å². The van der Waals surface area contributed by atoms with Crippen molar-refractivity contribution in [2.24, 2.45) is 0 Å². The van der Waals surface area contributed by atoms with E-state index in [2.05, 4.69) is 54.7 Å². The van der Waals surface area contributed by atoms with Crippen molar-refractivity contribution in [2.45, 2.75) is 32.2 Å². The number of fused-ring (bicyclic) bond motifs is 1. The molecule has 1 unspecified atom stereocenters. The first-order valence-electron chi connectivity index (χ1n) is 7.85. The van der Waals surface area contributed by atoms with Gasteiger partial charge in [-0.1, -0.05) is 43.3 Å². The fourth-order valence-corrected chi connectivity index (χ4v) is 3.15. The van der Waals surface area contributed by atoms with Gasteiger partial charge in [-0.05, 0) is 49.1 Å². The van der Waals surface area contributed by atoms with Crippen LogP contribution in [-0.4, -0.2) is 13.7 Å². The number of para-hydroxylation sites is 1. The van der Waals surface area contributed by atoms with Gasteiger partial charge in [-0.3, -0.25) is 0 Å². The van der Waals surface area contributed by atoms with Crippen LogP contribution in [0.15, 0.2) is 42.5 Å². The van der Waals surface area contributed by atoms with Crippen LogP contribution in [0.25, 0.3) is 11.1 Å². The van der Waals surface area contributed by atoms with Gasteiger partial charge in [0, 0.05) is 11.6 Å². The van der Waals surface area contributed by atoms with Crippen molar-refractivity contribution in [2.75, 3.05) is 13.7 Å². The standard InChI is InChI=1S/C19H23NO/c1-3-18(20-2)16-9-4-8-15(13-16)17-11-5-7-14-10-6-12-21-19(14)17/h4-5,7-9,11,13,18,20H,3,6,10,12H2,1-2H3. The van der Waals surface area contributed by atoms with Crippen molar-refractivity contribution < 1.29 is 4.74 Å². The van der Waals surface area contributed by atoms with Crippen LogP contribution >= 0.6 is 0 Å². The monoisotopic (exact) mass is 281 g/mol. The molecular formula is C19H23NO. The van der Waals surface area contributed by atoms with Crippen LogP contribution in [0.1, 0.15) is 36.9 Å². The first-order chi connectivity index (χ1) is 10.3. The van der Waals surface area contributed by atoms with E-state index < -0.39 is 0 Å². The lowest BCUT2D eigenvalue weighted by atomic mass is 9.95. The molecule has 2 heteroatoms. The molecule has 2 nitrogen and oxygen atoms in total. The number of hydrogen-bond acceptors (Lipinski definition) is 2. The van der Waals surface area contributed by atoms with Crippen LogP contribution in [0.3, 0.4) is 0 Å². The molecule has 2 aromatic rings. The van der Waals surface area contributed by atoms with Gasteiger partial charge in [0.1, 0.15) is 5.75 Å². The molecule has 3 rings (SSSR count). The van der Waals surface area contributed by atoms with E-state index in [-0.39, 0.29) is 0 Å². The Bertz CT molecular complexity index is 617. The molecule has 0 fully saturated rings. The summed E-state index contributed by atoms with van der Waals surface area (Å²) in [5, 5.41) is 3.38. The van der Waals surface area contributed by atoms with Crippen LogP contribution in [0.5, 0.6) is 5.75 Å². The average molecular weight is 281 g/mol. The van der Waals surface area contributed by atoms with E-state index in [1.54, 1.807) is 0 Å². The third-order valence-electron chi connectivity index (χ3n) is 4.29. The molecule has 1 aliphatic heterocycles. The van der Waals surface area contributed by atoms with Crippen molar-refractivity contribution in [3.8, 4) is 16.9 Å². The van der Waals surface area contributed by atoms with E-state index in [1.165, 1.54) is 22.3 Å². The molecule has 0 aliphatic carbocycles. The van der Waals surface area contributed by atoms with E-state index in [1.807, 2.05) is 7.05 Å². The van der Waals surface area contributed by atoms with Crippen LogP contribution in [0, 0.1) is 0 Å². The zero-order valence-corrected chi connectivity index (χ0v) is 12.9. The lowest BCUT2D eigenvalue weighted by molar-refractivity contribution is 0.289. The average Bonchev–Trinajstić information content (AvgIpc) is 2.56. The zero-order chi connectivity index (χ0) is 14.7. The SMILES string of the molecule is CCC(NC)c1cccc(-c2cccc3c2OCCC3)c1. The van der Waals surface area contributed by atoms with Crippen LogP contribution in [-0.2, 0) is 6.42 Å². The number of benzene rings is 2. The zero-order valence-electron chi connectivity index (χ0n) is 12.9. The van der Waals surface area contributed by atoms with Crippen molar-refractivity contribution in [3.05, 3.63) is 53.6 Å². The molecule has 1 heterocycles. The Labute approximate surface area is 127 Å². The predicted octanol–water partition coefficient (Wildman–Crippen LogP) is 4.35. The van der Waals surface area contributed by atoms with E-state index in [4.69, 9.17) is 4.74 Å². The maximum Gasteiger partial charge on any atom is 0.130 e. The summed E-state index contributed by atoms with van der Waals surface area (Å²) in [6.45, 7) is 3.04. The van der Waals surface area contributed by atoms with Crippen molar-refractivity contribution in [1.29, 1.82) is 0 Å². The largest absolute Gasteiger partial charge is 0.493 e. The summed E-state index contributed by atoms with van der Waals surface area (Å²) >= 11 is 0. The smallest absolute Gasteiger partial charge is 0.130 e. The first-order valence-corrected chi connectivity index (χ1v) is 7.85. The Morgan fingerprint density at radius 2 is 2.05 bits per heavy atom. The highest BCUT2D eigenvalue weighted by molar-refractivity contribution is 5.73. The Hall–Kier alpha value is -1.80. The highest BCUT2D eigenvalue weighted by Gasteiger charge is 2.16. The summed E-state index contributed by atoms with van der Waals surface area (Å²) in [6, 6.07) is 15.7. The summed E-state index contributed by atoms with van der Waals surface area (Å²) in [5.41, 5.74) is 5.15. The molecule has 0 amide bonds. The lowest BCUT2D eigenvalue weighted by Crippen LogP contribution is -2.15. The maximum atomic E-state index is 5.95. The second-order valence-electron chi connectivity index (χ2n) is 5.62. The number of aryl methyl sites for hydroxylation is 1. The van der Waals surface area contributed by atoms with E-state index >= 15 is 0 Å². The molecule has 21 heavy (non-hydrogen) atoms. The molecule has 0 bridgehead atoms. The molecule has 0 saturated carbocycles. The Morgan fingerprint density at radius 1 is 1.19 bits per heavy atom. The number of rotatable bonds is 4. The first kappa shape index (κ1) is 14.2. The Balaban J connectivity index is 2.03. The number of ether oxygens (including phenoxy) is 1. The van der Waals surface area contributed by atoms with Gasteiger partial charge in [0.05, 0.1) is 6.61 Å². The predicted molar refractivity (Wildman–Crippen MR) is 87.8 cm³/mol. The molecule has 110 valence electrons. The number of nitrogens with one attached hydrogen (secondary N) is 1. The minimum Gasteiger partial charge on any atom is -0.493 e.